The van der Waals surface area contributed by atoms with Crippen molar-refractivity contribution in [3.63, 3.8) is 0 Å². The fourth-order valence-corrected chi connectivity index (χ4v) is 2.82. The lowest BCUT2D eigenvalue weighted by Crippen LogP contribution is -2.40. The molecule has 0 bridgehead atoms. The molecule has 112 valence electrons. The molecule has 0 saturated carbocycles. The van der Waals surface area contributed by atoms with Crippen molar-refractivity contribution in [1.29, 1.82) is 0 Å². The van der Waals surface area contributed by atoms with E-state index in [1.54, 1.807) is 0 Å². The number of ether oxygens (including phenoxy) is 1. The molecule has 0 unspecified atom stereocenters. The number of likely N-dealkylation sites (tertiary alicyclic amines) is 1. The summed E-state index contributed by atoms with van der Waals surface area (Å²) in [5.74, 6) is 0.742. The molecule has 1 aromatic rings. The van der Waals surface area contributed by atoms with Crippen LogP contribution in [0.3, 0.4) is 0 Å². The van der Waals surface area contributed by atoms with Crippen LogP contribution in [0, 0.1) is 5.92 Å². The molecule has 0 spiro atoms. The Morgan fingerprint density at radius 3 is 2.85 bits per heavy atom. The van der Waals surface area contributed by atoms with E-state index < -0.39 is 6.10 Å². The molecule has 1 fully saturated rings. The molecule has 1 aliphatic rings. The topological polar surface area (TPSA) is 32.7 Å². The SMILES string of the molecule is C[C@H]1CCCN(C[C@H](O)COCc2ccc(Cl)cc2)C1. The summed E-state index contributed by atoms with van der Waals surface area (Å²) in [5, 5.41) is 10.8. The third-order valence-corrected chi connectivity index (χ3v) is 3.95. The van der Waals surface area contributed by atoms with E-state index in [1.165, 1.54) is 12.8 Å². The molecule has 1 heterocycles. The molecule has 2 rings (SSSR count). The monoisotopic (exact) mass is 297 g/mol. The van der Waals surface area contributed by atoms with E-state index in [4.69, 9.17) is 16.3 Å². The van der Waals surface area contributed by atoms with Gasteiger partial charge in [0.05, 0.1) is 19.3 Å². The first-order valence-corrected chi connectivity index (χ1v) is 7.74. The molecule has 4 heteroatoms. The second kappa shape index (κ2) is 7.99. The van der Waals surface area contributed by atoms with E-state index in [-0.39, 0.29) is 0 Å². The van der Waals surface area contributed by atoms with Gasteiger partial charge < -0.3 is 14.7 Å². The summed E-state index contributed by atoms with van der Waals surface area (Å²) in [6.45, 7) is 6.07. The van der Waals surface area contributed by atoms with Crippen LogP contribution < -0.4 is 0 Å². The number of nitrogens with zero attached hydrogens (tertiary/aromatic N) is 1. The number of halogens is 1. The summed E-state index contributed by atoms with van der Waals surface area (Å²) in [6.07, 6.45) is 2.13. The molecule has 0 aromatic heterocycles. The van der Waals surface area contributed by atoms with E-state index >= 15 is 0 Å². The predicted octanol–water partition coefficient (Wildman–Crippen LogP) is 2.95. The highest BCUT2D eigenvalue weighted by molar-refractivity contribution is 6.30. The Hall–Kier alpha value is -0.610. The minimum Gasteiger partial charge on any atom is -0.389 e. The molecule has 0 amide bonds. The van der Waals surface area contributed by atoms with Gasteiger partial charge in [-0.25, -0.2) is 0 Å². The first-order chi connectivity index (χ1) is 9.63. The van der Waals surface area contributed by atoms with Gasteiger partial charge in [-0.15, -0.1) is 0 Å². The van der Waals surface area contributed by atoms with Gasteiger partial charge in [-0.2, -0.15) is 0 Å². The van der Waals surface area contributed by atoms with Gasteiger partial charge in [-0.1, -0.05) is 30.7 Å². The van der Waals surface area contributed by atoms with E-state index in [0.29, 0.717) is 19.8 Å². The van der Waals surface area contributed by atoms with Crippen LogP contribution in [0.15, 0.2) is 24.3 Å². The van der Waals surface area contributed by atoms with Crippen molar-refractivity contribution in [2.75, 3.05) is 26.2 Å². The quantitative estimate of drug-likeness (QED) is 0.876. The van der Waals surface area contributed by atoms with E-state index in [9.17, 15) is 5.11 Å². The zero-order chi connectivity index (χ0) is 14.4. The first-order valence-electron chi connectivity index (χ1n) is 7.36. The predicted molar refractivity (Wildman–Crippen MR) is 82.0 cm³/mol. The van der Waals surface area contributed by atoms with Crippen molar-refractivity contribution in [2.45, 2.75) is 32.5 Å². The molecule has 1 saturated heterocycles. The third-order valence-electron chi connectivity index (χ3n) is 3.70. The van der Waals surface area contributed by atoms with Crippen molar-refractivity contribution < 1.29 is 9.84 Å². The fourth-order valence-electron chi connectivity index (χ4n) is 2.70. The standard InChI is InChI=1S/C16H24ClNO2/c1-13-3-2-8-18(9-13)10-16(19)12-20-11-14-4-6-15(17)7-5-14/h4-7,13,16,19H,2-3,8-12H2,1H3/t13-,16-/m0/s1. The Morgan fingerprint density at radius 1 is 1.40 bits per heavy atom. The van der Waals surface area contributed by atoms with E-state index in [1.807, 2.05) is 24.3 Å². The summed E-state index contributed by atoms with van der Waals surface area (Å²) in [6, 6.07) is 7.60. The summed E-state index contributed by atoms with van der Waals surface area (Å²) in [7, 11) is 0. The lowest BCUT2D eigenvalue weighted by molar-refractivity contribution is 0.00377. The average Bonchev–Trinajstić information content (AvgIpc) is 2.41. The Labute approximate surface area is 126 Å². The van der Waals surface area contributed by atoms with Crippen LogP contribution in [0.4, 0.5) is 0 Å². The molecular formula is C16H24ClNO2. The van der Waals surface area contributed by atoms with Crippen LogP contribution >= 0.6 is 11.6 Å². The van der Waals surface area contributed by atoms with Crippen molar-refractivity contribution in [1.82, 2.24) is 4.90 Å². The molecule has 1 aliphatic heterocycles. The minimum absolute atomic E-state index is 0.382. The molecule has 0 radical (unpaired) electrons. The molecule has 1 N–H and O–H groups in total. The van der Waals surface area contributed by atoms with Gasteiger partial charge in [0.25, 0.3) is 0 Å². The fraction of sp³-hybridized carbons (Fsp3) is 0.625. The summed E-state index contributed by atoms with van der Waals surface area (Å²) in [5.41, 5.74) is 1.08. The van der Waals surface area contributed by atoms with Crippen LogP contribution in [0.2, 0.25) is 5.02 Å². The number of β-amino-alcohol motifs (C(OH)–C–C–N with tert-alkyl or cyclic N) is 1. The first kappa shape index (κ1) is 15.8. The van der Waals surface area contributed by atoms with E-state index in [2.05, 4.69) is 11.8 Å². The molecule has 0 aliphatic carbocycles. The highest BCUT2D eigenvalue weighted by Crippen LogP contribution is 2.15. The second-order valence-electron chi connectivity index (χ2n) is 5.80. The smallest absolute Gasteiger partial charge is 0.0900 e. The summed E-state index contributed by atoms with van der Waals surface area (Å²) in [4.78, 5) is 2.34. The number of aliphatic hydroxyl groups excluding tert-OH is 1. The van der Waals surface area contributed by atoms with Crippen LogP contribution in [-0.2, 0) is 11.3 Å². The molecule has 3 nitrogen and oxygen atoms in total. The second-order valence-corrected chi connectivity index (χ2v) is 6.24. The Morgan fingerprint density at radius 2 is 2.15 bits per heavy atom. The zero-order valence-electron chi connectivity index (χ0n) is 12.1. The molecule has 2 atom stereocenters. The van der Waals surface area contributed by atoms with Gasteiger partial charge in [0.1, 0.15) is 0 Å². The van der Waals surface area contributed by atoms with E-state index in [0.717, 1.165) is 29.6 Å². The average molecular weight is 298 g/mol. The zero-order valence-corrected chi connectivity index (χ0v) is 12.9. The summed E-state index contributed by atoms with van der Waals surface area (Å²) >= 11 is 5.83. The Kier molecular flexibility index (Phi) is 6.30. The maximum absolute atomic E-state index is 10.0. The highest BCUT2D eigenvalue weighted by Gasteiger charge is 2.18. The largest absolute Gasteiger partial charge is 0.389 e. The minimum atomic E-state index is -0.410. The maximum Gasteiger partial charge on any atom is 0.0900 e. The van der Waals surface area contributed by atoms with Crippen molar-refractivity contribution in [2.24, 2.45) is 5.92 Å². The van der Waals surface area contributed by atoms with Crippen molar-refractivity contribution >= 4 is 11.6 Å². The number of rotatable bonds is 6. The van der Waals surface area contributed by atoms with Crippen LogP contribution in [0.25, 0.3) is 0 Å². The number of hydrogen-bond acceptors (Lipinski definition) is 3. The third kappa shape index (κ3) is 5.41. The number of piperidine rings is 1. The number of hydrogen-bond donors (Lipinski definition) is 1. The normalized spacial score (nSPS) is 21.9. The van der Waals surface area contributed by atoms with Crippen LogP contribution in [0.5, 0.6) is 0 Å². The Balaban J connectivity index is 1.64. The molecule has 1 aromatic carbocycles. The maximum atomic E-state index is 10.0. The van der Waals surface area contributed by atoms with Gasteiger partial charge in [0.2, 0.25) is 0 Å². The lowest BCUT2D eigenvalue weighted by Gasteiger charge is -2.32. The van der Waals surface area contributed by atoms with Crippen molar-refractivity contribution in [3.05, 3.63) is 34.9 Å². The van der Waals surface area contributed by atoms with Gasteiger partial charge in [0, 0.05) is 18.1 Å². The number of benzene rings is 1. The van der Waals surface area contributed by atoms with Gasteiger partial charge in [-0.05, 0) is 43.0 Å². The molecular weight excluding hydrogens is 274 g/mol. The van der Waals surface area contributed by atoms with Crippen LogP contribution in [-0.4, -0.2) is 42.4 Å². The van der Waals surface area contributed by atoms with Crippen LogP contribution in [0.1, 0.15) is 25.3 Å². The number of aliphatic hydroxyl groups is 1. The Bertz CT molecular complexity index is 396. The van der Waals surface area contributed by atoms with Crippen molar-refractivity contribution in [3.8, 4) is 0 Å². The summed E-state index contributed by atoms with van der Waals surface area (Å²) < 4.78 is 5.57. The van der Waals surface area contributed by atoms with Gasteiger partial charge in [0.15, 0.2) is 0 Å². The highest BCUT2D eigenvalue weighted by atomic mass is 35.5. The lowest BCUT2D eigenvalue weighted by atomic mass is 10.0. The van der Waals surface area contributed by atoms with Gasteiger partial charge in [-0.3, -0.25) is 0 Å². The molecule has 20 heavy (non-hydrogen) atoms. The van der Waals surface area contributed by atoms with Gasteiger partial charge >= 0.3 is 0 Å².